The van der Waals surface area contributed by atoms with E-state index in [1.807, 2.05) is 54.6 Å². The molecule has 2 aliphatic rings. The van der Waals surface area contributed by atoms with Gasteiger partial charge in [0.05, 0.1) is 31.5 Å². The molecule has 0 atom stereocenters. The molecule has 1 aliphatic carbocycles. The van der Waals surface area contributed by atoms with Crippen molar-refractivity contribution in [3.05, 3.63) is 88.6 Å². The molecule has 0 saturated carbocycles. The number of hydrogen-bond donors (Lipinski definition) is 1. The SMILES string of the molecule is COc1ccc(-n2c3c(c4c(CN5CCOCC5)c(O)ccc42)CCc2ccccc2C3=O)cc1. The first kappa shape index (κ1) is 21.9. The number of aryl methyl sites for hydroxylation is 2. The number of ketones is 1. The molecule has 1 aliphatic heterocycles. The van der Waals surface area contributed by atoms with Gasteiger partial charge in [0.25, 0.3) is 0 Å². The summed E-state index contributed by atoms with van der Waals surface area (Å²) in [4.78, 5) is 16.4. The number of fused-ring (bicyclic) bond motifs is 4. The van der Waals surface area contributed by atoms with Crippen molar-refractivity contribution in [2.45, 2.75) is 19.4 Å². The number of rotatable bonds is 4. The maximum atomic E-state index is 14.1. The molecule has 0 bridgehead atoms. The van der Waals surface area contributed by atoms with Crippen LogP contribution in [0.4, 0.5) is 0 Å². The molecule has 2 heterocycles. The van der Waals surface area contributed by atoms with Gasteiger partial charge >= 0.3 is 0 Å². The smallest absolute Gasteiger partial charge is 0.210 e. The number of aromatic hydroxyl groups is 1. The maximum absolute atomic E-state index is 14.1. The molecule has 178 valence electrons. The third kappa shape index (κ3) is 3.70. The Morgan fingerprint density at radius 3 is 2.51 bits per heavy atom. The number of benzene rings is 3. The van der Waals surface area contributed by atoms with Gasteiger partial charge in [-0.25, -0.2) is 0 Å². The Balaban J connectivity index is 1.62. The normalized spacial score (nSPS) is 16.1. The molecule has 0 spiro atoms. The van der Waals surface area contributed by atoms with Gasteiger partial charge in [-0.2, -0.15) is 0 Å². The van der Waals surface area contributed by atoms with Gasteiger partial charge in [-0.05, 0) is 60.4 Å². The van der Waals surface area contributed by atoms with Gasteiger partial charge in [0, 0.05) is 41.8 Å². The first-order valence-electron chi connectivity index (χ1n) is 12.1. The summed E-state index contributed by atoms with van der Waals surface area (Å²) in [5.74, 6) is 1.06. The van der Waals surface area contributed by atoms with Crippen LogP contribution in [0, 0.1) is 0 Å². The molecule has 4 aromatic rings. The molecule has 6 nitrogen and oxygen atoms in total. The molecule has 35 heavy (non-hydrogen) atoms. The summed E-state index contributed by atoms with van der Waals surface area (Å²) in [7, 11) is 1.65. The summed E-state index contributed by atoms with van der Waals surface area (Å²) in [6.07, 6.45) is 1.51. The lowest BCUT2D eigenvalue weighted by Crippen LogP contribution is -2.35. The molecule has 1 N–H and O–H groups in total. The van der Waals surface area contributed by atoms with Crippen LogP contribution < -0.4 is 4.74 Å². The van der Waals surface area contributed by atoms with Crippen LogP contribution in [0.15, 0.2) is 60.7 Å². The quantitative estimate of drug-likeness (QED) is 0.478. The number of phenolic OH excluding ortho intramolecular Hbond substituents is 1. The maximum Gasteiger partial charge on any atom is 0.210 e. The predicted octanol–water partition coefficient (Wildman–Crippen LogP) is 4.51. The third-order valence-electron chi connectivity index (χ3n) is 7.26. The average Bonchev–Trinajstić information content (AvgIpc) is 3.16. The summed E-state index contributed by atoms with van der Waals surface area (Å²) in [5.41, 5.74) is 6.23. The molecule has 1 fully saturated rings. The topological polar surface area (TPSA) is 63.9 Å². The van der Waals surface area contributed by atoms with Crippen LogP contribution in [0.5, 0.6) is 11.5 Å². The van der Waals surface area contributed by atoms with Gasteiger partial charge in [0.2, 0.25) is 5.78 Å². The first-order chi connectivity index (χ1) is 17.2. The molecule has 6 heteroatoms. The van der Waals surface area contributed by atoms with Crippen LogP contribution in [-0.4, -0.2) is 53.8 Å². The van der Waals surface area contributed by atoms with E-state index in [9.17, 15) is 9.90 Å². The van der Waals surface area contributed by atoms with E-state index in [4.69, 9.17) is 9.47 Å². The number of ether oxygens (including phenoxy) is 2. The summed E-state index contributed by atoms with van der Waals surface area (Å²) >= 11 is 0. The minimum Gasteiger partial charge on any atom is -0.508 e. The third-order valence-corrected chi connectivity index (χ3v) is 7.26. The van der Waals surface area contributed by atoms with Crippen molar-refractivity contribution in [1.29, 1.82) is 0 Å². The average molecular weight is 469 g/mol. The fraction of sp³-hybridized carbons (Fsp3) is 0.276. The fourth-order valence-corrected chi connectivity index (χ4v) is 5.49. The molecule has 6 rings (SSSR count). The second kappa shape index (κ2) is 8.87. The standard InChI is InChI=1S/C29H28N2O4/c1-34-21-9-7-20(8-10-21)31-25-12-13-26(32)24(18-30-14-16-35-17-15-30)27(25)23-11-6-19-4-2-3-5-22(19)29(33)28(23)31/h2-5,7-10,12-13,32H,6,11,14-18H2,1H3. The van der Waals surface area contributed by atoms with Crippen molar-refractivity contribution in [3.63, 3.8) is 0 Å². The minimum atomic E-state index is 0.0249. The van der Waals surface area contributed by atoms with E-state index >= 15 is 0 Å². The van der Waals surface area contributed by atoms with Crippen LogP contribution in [0.1, 0.15) is 32.7 Å². The van der Waals surface area contributed by atoms with E-state index in [-0.39, 0.29) is 11.5 Å². The van der Waals surface area contributed by atoms with Gasteiger partial charge in [-0.15, -0.1) is 0 Å². The number of phenols is 1. The summed E-state index contributed by atoms with van der Waals surface area (Å²) in [6, 6.07) is 19.4. The van der Waals surface area contributed by atoms with Crippen LogP contribution >= 0.6 is 0 Å². The Morgan fingerprint density at radius 2 is 1.74 bits per heavy atom. The molecule has 0 radical (unpaired) electrons. The van der Waals surface area contributed by atoms with E-state index in [1.165, 1.54) is 0 Å². The van der Waals surface area contributed by atoms with Gasteiger partial charge < -0.3 is 19.1 Å². The number of nitrogens with zero attached hydrogens (tertiary/aromatic N) is 2. The Labute approximate surface area is 204 Å². The molecule has 1 saturated heterocycles. The lowest BCUT2D eigenvalue weighted by molar-refractivity contribution is 0.0341. The number of carbonyl (C=O) groups is 1. The summed E-state index contributed by atoms with van der Waals surface area (Å²) in [5, 5.41) is 12.0. The van der Waals surface area contributed by atoms with E-state index in [1.54, 1.807) is 13.2 Å². The molecular formula is C29H28N2O4. The Bertz CT molecular complexity index is 1420. The first-order valence-corrected chi connectivity index (χ1v) is 12.1. The van der Waals surface area contributed by atoms with Crippen molar-refractivity contribution < 1.29 is 19.4 Å². The summed E-state index contributed by atoms with van der Waals surface area (Å²) < 4.78 is 13.0. The van der Waals surface area contributed by atoms with Crippen LogP contribution in [0.3, 0.4) is 0 Å². The minimum absolute atomic E-state index is 0.0249. The zero-order valence-electron chi connectivity index (χ0n) is 19.8. The lowest BCUT2D eigenvalue weighted by Gasteiger charge is -2.27. The second-order valence-corrected chi connectivity index (χ2v) is 9.19. The number of aromatic nitrogens is 1. The van der Waals surface area contributed by atoms with Gasteiger partial charge in [-0.1, -0.05) is 24.3 Å². The molecule has 0 amide bonds. The number of hydrogen-bond acceptors (Lipinski definition) is 5. The number of methoxy groups -OCH3 is 1. The van der Waals surface area contributed by atoms with E-state index in [2.05, 4.69) is 9.47 Å². The highest BCUT2D eigenvalue weighted by atomic mass is 16.5. The van der Waals surface area contributed by atoms with Crippen molar-refractivity contribution in [2.24, 2.45) is 0 Å². The van der Waals surface area contributed by atoms with Crippen LogP contribution in [0.2, 0.25) is 0 Å². The van der Waals surface area contributed by atoms with Crippen molar-refractivity contribution in [1.82, 2.24) is 9.47 Å². The van der Waals surface area contributed by atoms with Crippen LogP contribution in [-0.2, 0) is 24.1 Å². The Kier molecular flexibility index (Phi) is 5.55. The van der Waals surface area contributed by atoms with Gasteiger partial charge in [-0.3, -0.25) is 9.69 Å². The second-order valence-electron chi connectivity index (χ2n) is 9.19. The number of carbonyl (C=O) groups excluding carboxylic acids is 1. The van der Waals surface area contributed by atoms with Crippen LogP contribution in [0.25, 0.3) is 16.6 Å². The monoisotopic (exact) mass is 468 g/mol. The predicted molar refractivity (Wildman–Crippen MR) is 135 cm³/mol. The number of morpholine rings is 1. The molecule has 1 aromatic heterocycles. The zero-order valence-corrected chi connectivity index (χ0v) is 19.8. The highest BCUT2D eigenvalue weighted by molar-refractivity contribution is 6.14. The van der Waals surface area contributed by atoms with Crippen molar-refractivity contribution in [2.75, 3.05) is 33.4 Å². The Morgan fingerprint density at radius 1 is 0.971 bits per heavy atom. The zero-order chi connectivity index (χ0) is 23.9. The highest BCUT2D eigenvalue weighted by Crippen LogP contribution is 2.40. The summed E-state index contributed by atoms with van der Waals surface area (Å²) in [6.45, 7) is 3.64. The Hall–Kier alpha value is -3.61. The van der Waals surface area contributed by atoms with E-state index in [0.29, 0.717) is 25.5 Å². The van der Waals surface area contributed by atoms with E-state index in [0.717, 1.165) is 70.5 Å². The molecule has 0 unspecified atom stereocenters. The largest absolute Gasteiger partial charge is 0.508 e. The fourth-order valence-electron chi connectivity index (χ4n) is 5.49. The highest BCUT2D eigenvalue weighted by Gasteiger charge is 2.31. The van der Waals surface area contributed by atoms with Gasteiger partial charge in [0.15, 0.2) is 0 Å². The molecular weight excluding hydrogens is 440 g/mol. The van der Waals surface area contributed by atoms with Crippen molar-refractivity contribution in [3.8, 4) is 17.2 Å². The van der Waals surface area contributed by atoms with Gasteiger partial charge in [0.1, 0.15) is 11.5 Å². The van der Waals surface area contributed by atoms with Crippen molar-refractivity contribution >= 4 is 16.7 Å². The molecule has 3 aromatic carbocycles. The lowest BCUT2D eigenvalue weighted by atomic mass is 9.99. The van der Waals surface area contributed by atoms with E-state index < -0.39 is 0 Å².